The van der Waals surface area contributed by atoms with Crippen molar-refractivity contribution in [1.82, 2.24) is 0 Å². The van der Waals surface area contributed by atoms with Gasteiger partial charge in [0.2, 0.25) is 5.91 Å². The predicted octanol–water partition coefficient (Wildman–Crippen LogP) is 4.68. The van der Waals surface area contributed by atoms with Crippen molar-refractivity contribution in [3.05, 3.63) is 89.5 Å². The normalized spacial score (nSPS) is 16.6. The van der Waals surface area contributed by atoms with Gasteiger partial charge in [0.05, 0.1) is 25.3 Å². The third kappa shape index (κ3) is 4.79. The van der Waals surface area contributed by atoms with Crippen molar-refractivity contribution in [2.24, 2.45) is 0 Å². The van der Waals surface area contributed by atoms with Gasteiger partial charge < -0.3 is 19.9 Å². The highest BCUT2D eigenvalue weighted by molar-refractivity contribution is 6.51. The Kier molecular flexibility index (Phi) is 7.05. The summed E-state index contributed by atoms with van der Waals surface area (Å²) in [6.07, 6.45) is 0. The number of ether oxygens (including phenoxy) is 2. The van der Waals surface area contributed by atoms with E-state index in [9.17, 15) is 19.5 Å². The van der Waals surface area contributed by atoms with Crippen molar-refractivity contribution in [3.8, 4) is 11.5 Å². The van der Waals surface area contributed by atoms with Gasteiger partial charge in [-0.15, -0.1) is 0 Å². The summed E-state index contributed by atoms with van der Waals surface area (Å²) in [6, 6.07) is 19.3. The van der Waals surface area contributed by atoms with Gasteiger partial charge in [0, 0.05) is 23.9 Å². The minimum atomic E-state index is -0.931. The van der Waals surface area contributed by atoms with E-state index in [-0.39, 0.29) is 17.2 Å². The topological polar surface area (TPSA) is 105 Å². The maximum Gasteiger partial charge on any atom is 0.300 e. The van der Waals surface area contributed by atoms with Crippen LogP contribution in [0.15, 0.2) is 78.4 Å². The molecular weight excluding hydrogens is 460 g/mol. The number of benzene rings is 3. The number of aliphatic hydroxyl groups is 1. The van der Waals surface area contributed by atoms with Gasteiger partial charge in [-0.1, -0.05) is 18.2 Å². The second-order valence-corrected chi connectivity index (χ2v) is 8.13. The molecule has 1 fully saturated rings. The minimum Gasteiger partial charge on any atom is -0.507 e. The number of rotatable bonds is 7. The standard InChI is InChI=1S/C28H26N2O6/c1-4-36-22-13-11-18(12-14-22)26(32)24-25(19-7-5-10-23(15-19)35-3)30(28(34)27(24)33)21-9-6-8-20(16-21)29-17(2)31/h5-16,25,32H,4H2,1-3H3,(H,29,31)/b26-24+. The number of ketones is 1. The lowest BCUT2D eigenvalue weighted by Crippen LogP contribution is -2.29. The molecule has 3 aromatic carbocycles. The average Bonchev–Trinajstić information content (AvgIpc) is 3.14. The first-order chi connectivity index (χ1) is 17.3. The molecule has 1 unspecified atom stereocenters. The van der Waals surface area contributed by atoms with Gasteiger partial charge in [-0.2, -0.15) is 0 Å². The largest absolute Gasteiger partial charge is 0.507 e. The van der Waals surface area contributed by atoms with Crippen LogP contribution in [0.3, 0.4) is 0 Å². The van der Waals surface area contributed by atoms with E-state index in [0.29, 0.717) is 40.6 Å². The lowest BCUT2D eigenvalue weighted by atomic mass is 9.95. The van der Waals surface area contributed by atoms with Gasteiger partial charge in [0.15, 0.2) is 0 Å². The maximum absolute atomic E-state index is 13.4. The number of amides is 2. The SMILES string of the molecule is CCOc1ccc(/C(O)=C2\C(=O)C(=O)N(c3cccc(NC(C)=O)c3)C2c2cccc(OC)c2)cc1. The summed E-state index contributed by atoms with van der Waals surface area (Å²) in [4.78, 5) is 39.6. The smallest absolute Gasteiger partial charge is 0.300 e. The van der Waals surface area contributed by atoms with Crippen LogP contribution in [0.4, 0.5) is 11.4 Å². The van der Waals surface area contributed by atoms with Crippen molar-refractivity contribution in [3.63, 3.8) is 0 Å². The quantitative estimate of drug-likeness (QED) is 0.285. The third-order valence-electron chi connectivity index (χ3n) is 5.74. The molecule has 0 saturated carbocycles. The fourth-order valence-electron chi connectivity index (χ4n) is 4.19. The van der Waals surface area contributed by atoms with Crippen LogP contribution in [0.2, 0.25) is 0 Å². The second kappa shape index (κ2) is 10.4. The van der Waals surface area contributed by atoms with Gasteiger partial charge in [-0.05, 0) is 67.1 Å². The fraction of sp³-hybridized carbons (Fsp3) is 0.179. The van der Waals surface area contributed by atoms with Crippen LogP contribution in [-0.2, 0) is 14.4 Å². The monoisotopic (exact) mass is 486 g/mol. The first kappa shape index (κ1) is 24.5. The summed E-state index contributed by atoms with van der Waals surface area (Å²) in [5.74, 6) is -1.03. The lowest BCUT2D eigenvalue weighted by Gasteiger charge is -2.26. The Hall–Kier alpha value is -4.59. The summed E-state index contributed by atoms with van der Waals surface area (Å²) in [5.41, 5.74) is 1.75. The highest BCUT2D eigenvalue weighted by Gasteiger charge is 2.47. The molecule has 1 aliphatic heterocycles. The molecule has 184 valence electrons. The van der Waals surface area contributed by atoms with Crippen molar-refractivity contribution in [1.29, 1.82) is 0 Å². The van der Waals surface area contributed by atoms with Gasteiger partial charge in [-0.3, -0.25) is 19.3 Å². The van der Waals surface area contributed by atoms with Crippen molar-refractivity contribution in [2.75, 3.05) is 23.9 Å². The van der Waals surface area contributed by atoms with Gasteiger partial charge in [-0.25, -0.2) is 0 Å². The molecule has 1 atom stereocenters. The molecule has 0 aromatic heterocycles. The number of anilines is 2. The van der Waals surface area contributed by atoms with Gasteiger partial charge in [0.25, 0.3) is 11.7 Å². The number of carbonyl (C=O) groups excluding carboxylic acids is 3. The number of hydrogen-bond donors (Lipinski definition) is 2. The molecule has 0 aliphatic carbocycles. The number of Topliss-reactive ketones (excluding diaryl/α,β-unsaturated/α-hetero) is 1. The van der Waals surface area contributed by atoms with Crippen LogP contribution in [0, 0.1) is 0 Å². The van der Waals surface area contributed by atoms with Gasteiger partial charge >= 0.3 is 0 Å². The summed E-state index contributed by atoms with van der Waals surface area (Å²) < 4.78 is 10.8. The summed E-state index contributed by atoms with van der Waals surface area (Å²) in [6.45, 7) is 3.74. The molecule has 1 heterocycles. The Labute approximate surface area is 208 Å². The molecule has 0 radical (unpaired) electrons. The van der Waals surface area contributed by atoms with Crippen LogP contribution in [-0.4, -0.2) is 36.4 Å². The van der Waals surface area contributed by atoms with Crippen molar-refractivity contribution >= 4 is 34.7 Å². The number of aliphatic hydroxyl groups excluding tert-OH is 1. The molecule has 0 bridgehead atoms. The zero-order valence-corrected chi connectivity index (χ0v) is 20.1. The van der Waals surface area contributed by atoms with E-state index in [1.165, 1.54) is 18.9 Å². The highest BCUT2D eigenvalue weighted by Crippen LogP contribution is 2.43. The van der Waals surface area contributed by atoms with E-state index in [0.717, 1.165) is 0 Å². The summed E-state index contributed by atoms with van der Waals surface area (Å²) in [7, 11) is 1.52. The molecule has 3 aromatic rings. The molecular formula is C28H26N2O6. The van der Waals surface area contributed by atoms with Crippen LogP contribution in [0.5, 0.6) is 11.5 Å². The number of nitrogens with one attached hydrogen (secondary N) is 1. The Morgan fingerprint density at radius 3 is 2.39 bits per heavy atom. The number of hydrogen-bond acceptors (Lipinski definition) is 6. The zero-order valence-electron chi connectivity index (χ0n) is 20.1. The third-order valence-corrected chi connectivity index (χ3v) is 5.74. The fourth-order valence-corrected chi connectivity index (χ4v) is 4.19. The van der Waals surface area contributed by atoms with Crippen LogP contribution in [0.25, 0.3) is 5.76 Å². The van der Waals surface area contributed by atoms with Crippen molar-refractivity contribution in [2.45, 2.75) is 19.9 Å². The van der Waals surface area contributed by atoms with E-state index in [1.54, 1.807) is 72.8 Å². The molecule has 36 heavy (non-hydrogen) atoms. The van der Waals surface area contributed by atoms with E-state index in [4.69, 9.17) is 9.47 Å². The molecule has 8 heteroatoms. The maximum atomic E-state index is 13.4. The molecule has 8 nitrogen and oxygen atoms in total. The minimum absolute atomic E-state index is 0.0534. The first-order valence-corrected chi connectivity index (χ1v) is 11.4. The number of carbonyl (C=O) groups is 3. The molecule has 2 amide bonds. The number of methoxy groups -OCH3 is 1. The Morgan fingerprint density at radius 1 is 1.00 bits per heavy atom. The Morgan fingerprint density at radius 2 is 1.72 bits per heavy atom. The Balaban J connectivity index is 1.89. The lowest BCUT2D eigenvalue weighted by molar-refractivity contribution is -0.132. The van der Waals surface area contributed by atoms with E-state index >= 15 is 0 Å². The van der Waals surface area contributed by atoms with Crippen LogP contribution >= 0.6 is 0 Å². The first-order valence-electron chi connectivity index (χ1n) is 11.4. The van der Waals surface area contributed by atoms with Crippen molar-refractivity contribution < 1.29 is 29.0 Å². The Bertz CT molecular complexity index is 1350. The van der Waals surface area contributed by atoms with Crippen LogP contribution < -0.4 is 19.7 Å². The molecule has 1 saturated heterocycles. The highest BCUT2D eigenvalue weighted by atomic mass is 16.5. The summed E-state index contributed by atoms with van der Waals surface area (Å²) in [5, 5.41) is 14.0. The molecule has 1 aliphatic rings. The van der Waals surface area contributed by atoms with E-state index < -0.39 is 17.7 Å². The predicted molar refractivity (Wildman–Crippen MR) is 136 cm³/mol. The molecule has 4 rings (SSSR count). The molecule has 2 N–H and O–H groups in total. The average molecular weight is 487 g/mol. The number of nitrogens with zero attached hydrogens (tertiary/aromatic N) is 1. The second-order valence-electron chi connectivity index (χ2n) is 8.13. The van der Waals surface area contributed by atoms with E-state index in [1.807, 2.05) is 6.92 Å². The zero-order chi connectivity index (χ0) is 25.8. The van der Waals surface area contributed by atoms with Crippen LogP contribution in [0.1, 0.15) is 31.0 Å². The van der Waals surface area contributed by atoms with E-state index in [2.05, 4.69) is 5.32 Å². The summed E-state index contributed by atoms with van der Waals surface area (Å²) >= 11 is 0. The van der Waals surface area contributed by atoms with Gasteiger partial charge in [0.1, 0.15) is 17.3 Å². The molecule has 0 spiro atoms.